The van der Waals surface area contributed by atoms with Gasteiger partial charge in [-0.05, 0) is 62.1 Å². The average Bonchev–Trinajstić information content (AvgIpc) is 2.70. The van der Waals surface area contributed by atoms with Crippen LogP contribution in [0.5, 0.6) is 5.75 Å². The van der Waals surface area contributed by atoms with Crippen molar-refractivity contribution in [2.75, 3.05) is 20.1 Å². The summed E-state index contributed by atoms with van der Waals surface area (Å²) in [7, 11) is 1.81. The molecule has 0 bridgehead atoms. The van der Waals surface area contributed by atoms with Gasteiger partial charge in [-0.3, -0.25) is 9.79 Å². The van der Waals surface area contributed by atoms with Crippen molar-refractivity contribution in [3.63, 3.8) is 0 Å². The zero-order chi connectivity index (χ0) is 19.8. The molecular weight excluding hydrogens is 479 g/mol. The van der Waals surface area contributed by atoms with Gasteiger partial charge in [0, 0.05) is 33.1 Å². The summed E-state index contributed by atoms with van der Waals surface area (Å²) in [5, 5.41) is 3.45. The molecule has 1 aliphatic heterocycles. The highest BCUT2D eigenvalue weighted by Crippen LogP contribution is 2.24. The van der Waals surface area contributed by atoms with Crippen LogP contribution in [0.15, 0.2) is 29.3 Å². The van der Waals surface area contributed by atoms with Crippen molar-refractivity contribution < 1.29 is 9.53 Å². The minimum atomic E-state index is -0.217. The fourth-order valence-electron chi connectivity index (χ4n) is 4.28. The van der Waals surface area contributed by atoms with E-state index < -0.39 is 0 Å². The van der Waals surface area contributed by atoms with Crippen LogP contribution in [0.25, 0.3) is 0 Å². The number of halogens is 1. The Kier molecular flexibility index (Phi) is 10.0. The zero-order valence-electron chi connectivity index (χ0n) is 17.4. The Labute approximate surface area is 191 Å². The number of guanidine groups is 1. The molecular formula is C22H35IN4O2. The highest BCUT2D eigenvalue weighted by atomic mass is 127. The van der Waals surface area contributed by atoms with Crippen LogP contribution in [0.2, 0.25) is 0 Å². The molecule has 1 amide bonds. The Hall–Kier alpha value is -1.51. The Morgan fingerprint density at radius 1 is 1.17 bits per heavy atom. The van der Waals surface area contributed by atoms with Gasteiger partial charge in [-0.25, -0.2) is 0 Å². The van der Waals surface area contributed by atoms with Crippen molar-refractivity contribution in [3.05, 3.63) is 29.8 Å². The maximum Gasteiger partial charge on any atom is 0.217 e. The molecule has 7 heteroatoms. The number of ether oxygens (including phenoxy) is 1. The van der Waals surface area contributed by atoms with Crippen LogP contribution in [-0.2, 0) is 11.3 Å². The average molecular weight is 514 g/mol. The Balaban J connectivity index is 0.00000300. The van der Waals surface area contributed by atoms with Gasteiger partial charge in [-0.1, -0.05) is 18.6 Å². The number of carbonyl (C=O) groups is 1. The van der Waals surface area contributed by atoms with Gasteiger partial charge in [0.2, 0.25) is 5.91 Å². The molecule has 0 radical (unpaired) electrons. The third kappa shape index (κ3) is 7.68. The first-order valence-corrected chi connectivity index (χ1v) is 10.6. The number of piperidine rings is 1. The molecule has 29 heavy (non-hydrogen) atoms. The van der Waals surface area contributed by atoms with E-state index in [1.807, 2.05) is 0 Å². The maximum atomic E-state index is 11.2. The lowest BCUT2D eigenvalue weighted by Gasteiger charge is -2.34. The number of nitrogens with one attached hydrogen (secondary N) is 1. The van der Waals surface area contributed by atoms with E-state index in [9.17, 15) is 4.79 Å². The molecule has 1 saturated heterocycles. The Morgan fingerprint density at radius 2 is 1.90 bits per heavy atom. The fraction of sp³-hybridized carbons (Fsp3) is 0.636. The minimum absolute atomic E-state index is 0. The smallest absolute Gasteiger partial charge is 0.217 e. The second-order valence-electron chi connectivity index (χ2n) is 8.05. The Morgan fingerprint density at radius 3 is 2.55 bits per heavy atom. The maximum absolute atomic E-state index is 11.2. The van der Waals surface area contributed by atoms with Gasteiger partial charge < -0.3 is 20.7 Å². The molecule has 1 aliphatic carbocycles. The first-order valence-electron chi connectivity index (χ1n) is 10.6. The van der Waals surface area contributed by atoms with E-state index in [0.717, 1.165) is 37.6 Å². The second-order valence-corrected chi connectivity index (χ2v) is 8.05. The second kappa shape index (κ2) is 12.2. The molecule has 1 atom stereocenters. The summed E-state index contributed by atoms with van der Waals surface area (Å²) in [4.78, 5) is 17.9. The molecule has 1 aromatic carbocycles. The van der Waals surface area contributed by atoms with E-state index in [-0.39, 0.29) is 29.9 Å². The fourth-order valence-corrected chi connectivity index (χ4v) is 4.28. The summed E-state index contributed by atoms with van der Waals surface area (Å²) in [6.07, 6.45) is 9.19. The molecule has 1 saturated carbocycles. The number of likely N-dealkylation sites (tertiary alicyclic amines) is 1. The summed E-state index contributed by atoms with van der Waals surface area (Å²) in [5.74, 6) is 1.95. The number of nitrogens with two attached hydrogens (primary N) is 1. The van der Waals surface area contributed by atoms with Gasteiger partial charge in [-0.2, -0.15) is 0 Å². The molecule has 1 heterocycles. The van der Waals surface area contributed by atoms with Crippen LogP contribution in [-0.4, -0.2) is 43.0 Å². The number of benzene rings is 1. The monoisotopic (exact) mass is 514 g/mol. The zero-order valence-corrected chi connectivity index (χ0v) is 19.8. The molecule has 1 unspecified atom stereocenters. The molecule has 6 nitrogen and oxygen atoms in total. The van der Waals surface area contributed by atoms with Crippen molar-refractivity contribution >= 4 is 35.8 Å². The first-order chi connectivity index (χ1) is 13.6. The van der Waals surface area contributed by atoms with Crippen LogP contribution in [0.1, 0.15) is 56.9 Å². The van der Waals surface area contributed by atoms with Crippen molar-refractivity contribution in [1.29, 1.82) is 0 Å². The van der Waals surface area contributed by atoms with Crippen LogP contribution < -0.4 is 15.8 Å². The van der Waals surface area contributed by atoms with E-state index in [1.165, 1.54) is 37.7 Å². The van der Waals surface area contributed by atoms with Crippen molar-refractivity contribution in [2.45, 2.75) is 64.0 Å². The van der Waals surface area contributed by atoms with Gasteiger partial charge in [0.05, 0.1) is 6.10 Å². The number of carbonyl (C=O) groups excluding carboxylic acids is 1. The summed E-state index contributed by atoms with van der Waals surface area (Å²) in [6, 6.07) is 8.37. The summed E-state index contributed by atoms with van der Waals surface area (Å²) >= 11 is 0. The highest BCUT2D eigenvalue weighted by Gasteiger charge is 2.23. The number of amides is 1. The summed E-state index contributed by atoms with van der Waals surface area (Å²) in [5.41, 5.74) is 6.57. The standard InChI is InChI=1S/C22H34N4O2.HI/c1-24-22(26-13-5-6-18(16-26)14-21(23)27)25-15-17-9-11-20(12-10-17)28-19-7-3-2-4-8-19;/h9-12,18-19H,2-8,13-16H2,1H3,(H2,23,27)(H,24,25);1H. The number of hydrogen-bond acceptors (Lipinski definition) is 3. The number of aliphatic imine (C=N–C) groups is 1. The molecule has 3 rings (SSSR count). The molecule has 0 spiro atoms. The van der Waals surface area contributed by atoms with Gasteiger partial charge in [0.25, 0.3) is 0 Å². The number of rotatable bonds is 6. The number of hydrogen-bond donors (Lipinski definition) is 2. The van der Waals surface area contributed by atoms with Crippen LogP contribution in [0.4, 0.5) is 0 Å². The molecule has 162 valence electrons. The van der Waals surface area contributed by atoms with E-state index >= 15 is 0 Å². The summed E-state index contributed by atoms with van der Waals surface area (Å²) < 4.78 is 6.11. The molecule has 0 aromatic heterocycles. The van der Waals surface area contributed by atoms with Crippen LogP contribution in [0.3, 0.4) is 0 Å². The van der Waals surface area contributed by atoms with E-state index in [4.69, 9.17) is 10.5 Å². The number of nitrogens with zero attached hydrogens (tertiary/aromatic N) is 2. The van der Waals surface area contributed by atoms with E-state index in [2.05, 4.69) is 39.5 Å². The molecule has 2 fully saturated rings. The third-order valence-corrected chi connectivity index (χ3v) is 5.75. The van der Waals surface area contributed by atoms with Crippen molar-refractivity contribution in [3.8, 4) is 5.75 Å². The lowest BCUT2D eigenvalue weighted by Crippen LogP contribution is -2.46. The lowest BCUT2D eigenvalue weighted by molar-refractivity contribution is -0.119. The van der Waals surface area contributed by atoms with E-state index in [0.29, 0.717) is 25.0 Å². The van der Waals surface area contributed by atoms with Gasteiger partial charge in [0.15, 0.2) is 5.96 Å². The highest BCUT2D eigenvalue weighted by molar-refractivity contribution is 14.0. The normalized spacial score (nSPS) is 20.7. The first kappa shape index (κ1) is 23.8. The molecule has 1 aromatic rings. The van der Waals surface area contributed by atoms with E-state index in [1.54, 1.807) is 7.05 Å². The van der Waals surface area contributed by atoms with Crippen LogP contribution >= 0.6 is 24.0 Å². The van der Waals surface area contributed by atoms with Crippen molar-refractivity contribution in [2.24, 2.45) is 16.6 Å². The predicted octanol–water partition coefficient (Wildman–Crippen LogP) is 3.68. The SMILES string of the molecule is CN=C(NCc1ccc(OC2CCCCC2)cc1)N1CCCC(CC(N)=O)C1.I. The lowest BCUT2D eigenvalue weighted by atomic mass is 9.95. The largest absolute Gasteiger partial charge is 0.490 e. The van der Waals surface area contributed by atoms with Gasteiger partial charge in [-0.15, -0.1) is 24.0 Å². The van der Waals surface area contributed by atoms with Crippen molar-refractivity contribution in [1.82, 2.24) is 10.2 Å². The van der Waals surface area contributed by atoms with Crippen LogP contribution in [0, 0.1) is 5.92 Å². The molecule has 3 N–H and O–H groups in total. The Bertz CT molecular complexity index is 659. The predicted molar refractivity (Wildman–Crippen MR) is 128 cm³/mol. The topological polar surface area (TPSA) is 80.0 Å². The van der Waals surface area contributed by atoms with Gasteiger partial charge >= 0.3 is 0 Å². The molecule has 2 aliphatic rings. The van der Waals surface area contributed by atoms with Gasteiger partial charge in [0.1, 0.15) is 5.75 Å². The summed E-state index contributed by atoms with van der Waals surface area (Å²) in [6.45, 7) is 2.51. The quantitative estimate of drug-likeness (QED) is 0.345. The minimum Gasteiger partial charge on any atom is -0.490 e. The third-order valence-electron chi connectivity index (χ3n) is 5.75. The number of primary amides is 1.